The highest BCUT2D eigenvalue weighted by Crippen LogP contribution is 2.35. The van der Waals surface area contributed by atoms with E-state index in [1.165, 1.54) is 12.1 Å². The van der Waals surface area contributed by atoms with E-state index in [0.717, 1.165) is 25.7 Å². The summed E-state index contributed by atoms with van der Waals surface area (Å²) in [5.74, 6) is -0.137. The quantitative estimate of drug-likeness (QED) is 0.566. The van der Waals surface area contributed by atoms with E-state index in [-0.39, 0.29) is 17.7 Å². The molecule has 1 aromatic carbocycles. The second kappa shape index (κ2) is 5.11. The molecule has 4 N–H and O–H groups in total. The number of aromatic hydroxyl groups is 1. The minimum atomic E-state index is -0.196. The summed E-state index contributed by atoms with van der Waals surface area (Å²) in [5, 5.41) is 12.4. The smallest absolute Gasteiger partial charge is 0.253 e. The third-order valence-electron chi connectivity index (χ3n) is 3.96. The second-order valence-electron chi connectivity index (χ2n) is 6.18. The highest BCUT2D eigenvalue weighted by atomic mass is 16.3. The van der Waals surface area contributed by atoms with Crippen LogP contribution in [0.25, 0.3) is 0 Å². The Morgan fingerprint density at radius 1 is 1.37 bits per heavy atom. The summed E-state index contributed by atoms with van der Waals surface area (Å²) < 4.78 is 0. The second-order valence-corrected chi connectivity index (χ2v) is 6.18. The minimum absolute atomic E-state index is 0.0594. The molecule has 1 aromatic rings. The summed E-state index contributed by atoms with van der Waals surface area (Å²) >= 11 is 0. The summed E-state index contributed by atoms with van der Waals surface area (Å²) in [7, 11) is 0. The van der Waals surface area contributed by atoms with Gasteiger partial charge in [-0.1, -0.05) is 13.8 Å². The number of hydrogen-bond acceptors (Lipinski definition) is 3. The van der Waals surface area contributed by atoms with Crippen LogP contribution in [0.5, 0.6) is 5.75 Å². The van der Waals surface area contributed by atoms with Gasteiger partial charge in [-0.3, -0.25) is 4.79 Å². The van der Waals surface area contributed by atoms with Crippen LogP contribution in [0.1, 0.15) is 49.9 Å². The van der Waals surface area contributed by atoms with Crippen molar-refractivity contribution in [2.75, 3.05) is 5.73 Å². The first-order chi connectivity index (χ1) is 8.87. The Morgan fingerprint density at radius 2 is 2.00 bits per heavy atom. The fourth-order valence-corrected chi connectivity index (χ4v) is 2.55. The van der Waals surface area contributed by atoms with Crippen molar-refractivity contribution >= 4 is 11.6 Å². The van der Waals surface area contributed by atoms with Crippen molar-refractivity contribution in [2.45, 2.75) is 45.6 Å². The zero-order valence-corrected chi connectivity index (χ0v) is 11.6. The molecular formula is C15H22N2O2. The Morgan fingerprint density at radius 3 is 2.63 bits per heavy atom. The number of nitrogen functional groups attached to an aromatic ring is 1. The van der Waals surface area contributed by atoms with Gasteiger partial charge in [-0.05, 0) is 49.3 Å². The Labute approximate surface area is 114 Å². The molecule has 0 heterocycles. The fourth-order valence-electron chi connectivity index (χ4n) is 2.55. The lowest BCUT2D eigenvalue weighted by Crippen LogP contribution is -2.39. The lowest BCUT2D eigenvalue weighted by Gasteiger charge is -2.34. The van der Waals surface area contributed by atoms with Gasteiger partial charge in [-0.15, -0.1) is 0 Å². The van der Waals surface area contributed by atoms with Crippen LogP contribution in [-0.2, 0) is 0 Å². The molecule has 4 heteroatoms. The van der Waals surface area contributed by atoms with Crippen molar-refractivity contribution in [1.82, 2.24) is 5.32 Å². The van der Waals surface area contributed by atoms with Gasteiger partial charge in [0.1, 0.15) is 5.75 Å². The number of hydrogen-bond donors (Lipinski definition) is 3. The van der Waals surface area contributed by atoms with Gasteiger partial charge in [0.15, 0.2) is 0 Å². The number of rotatable bonds is 2. The number of amides is 1. The molecule has 0 radical (unpaired) electrons. The van der Waals surface area contributed by atoms with Crippen LogP contribution in [0.3, 0.4) is 0 Å². The highest BCUT2D eigenvalue weighted by Gasteiger charge is 2.28. The zero-order chi connectivity index (χ0) is 14.0. The molecule has 1 aliphatic carbocycles. The average Bonchev–Trinajstić information content (AvgIpc) is 2.35. The van der Waals surface area contributed by atoms with Crippen LogP contribution in [0.15, 0.2) is 18.2 Å². The number of phenols is 1. The lowest BCUT2D eigenvalue weighted by atomic mass is 9.75. The van der Waals surface area contributed by atoms with Gasteiger partial charge in [0.05, 0.1) is 5.56 Å². The normalized spacial score (nSPS) is 19.1. The topological polar surface area (TPSA) is 75.3 Å². The van der Waals surface area contributed by atoms with Gasteiger partial charge in [0.25, 0.3) is 5.91 Å². The Hall–Kier alpha value is -1.71. The molecular weight excluding hydrogens is 240 g/mol. The Balaban J connectivity index is 2.00. The largest absolute Gasteiger partial charge is 0.508 e. The van der Waals surface area contributed by atoms with E-state index in [1.807, 2.05) is 0 Å². The molecule has 0 aliphatic heterocycles. The lowest BCUT2D eigenvalue weighted by molar-refractivity contribution is 0.0909. The zero-order valence-electron chi connectivity index (χ0n) is 11.6. The number of benzene rings is 1. The maximum Gasteiger partial charge on any atom is 0.253 e. The van der Waals surface area contributed by atoms with Crippen molar-refractivity contribution in [1.29, 1.82) is 0 Å². The number of nitrogens with one attached hydrogen (secondary N) is 1. The van der Waals surface area contributed by atoms with Gasteiger partial charge in [-0.2, -0.15) is 0 Å². The standard InChI is InChI=1S/C15H22N2O2/c1-15(2)7-5-10(6-8-15)17-14(19)12-9-11(18)3-4-13(12)16/h3-4,9-10,18H,5-8,16H2,1-2H3,(H,17,19). The number of carbonyl (C=O) groups is 1. The van der Waals surface area contributed by atoms with E-state index in [9.17, 15) is 9.90 Å². The van der Waals surface area contributed by atoms with Crippen LogP contribution in [0, 0.1) is 5.41 Å². The van der Waals surface area contributed by atoms with Gasteiger partial charge < -0.3 is 16.2 Å². The Kier molecular flexibility index (Phi) is 3.69. The molecule has 1 saturated carbocycles. The maximum absolute atomic E-state index is 12.1. The van der Waals surface area contributed by atoms with Crippen molar-refractivity contribution in [3.63, 3.8) is 0 Å². The first-order valence-corrected chi connectivity index (χ1v) is 6.77. The van der Waals surface area contributed by atoms with Crippen molar-refractivity contribution in [3.05, 3.63) is 23.8 Å². The van der Waals surface area contributed by atoms with Crippen molar-refractivity contribution < 1.29 is 9.90 Å². The first kappa shape index (κ1) is 13.7. The SMILES string of the molecule is CC1(C)CCC(NC(=O)c2cc(O)ccc2N)CC1. The molecule has 1 aliphatic rings. The molecule has 1 fully saturated rings. The van der Waals surface area contributed by atoms with Crippen LogP contribution in [-0.4, -0.2) is 17.1 Å². The fraction of sp³-hybridized carbons (Fsp3) is 0.533. The van der Waals surface area contributed by atoms with Crippen molar-refractivity contribution in [2.24, 2.45) is 5.41 Å². The van der Waals surface area contributed by atoms with E-state index in [1.54, 1.807) is 6.07 Å². The molecule has 0 unspecified atom stereocenters. The molecule has 104 valence electrons. The molecule has 2 rings (SSSR count). The molecule has 0 saturated heterocycles. The van der Waals surface area contributed by atoms with Crippen molar-refractivity contribution in [3.8, 4) is 5.75 Å². The third kappa shape index (κ3) is 3.40. The van der Waals surface area contributed by atoms with Gasteiger partial charge in [0.2, 0.25) is 0 Å². The Bertz CT molecular complexity index is 473. The summed E-state index contributed by atoms with van der Waals surface area (Å²) in [6, 6.07) is 4.66. The number of anilines is 1. The van der Waals surface area contributed by atoms with E-state index >= 15 is 0 Å². The average molecular weight is 262 g/mol. The van der Waals surface area contributed by atoms with E-state index in [0.29, 0.717) is 16.7 Å². The van der Waals surface area contributed by atoms with Gasteiger partial charge >= 0.3 is 0 Å². The molecule has 0 bridgehead atoms. The third-order valence-corrected chi connectivity index (χ3v) is 3.96. The molecule has 19 heavy (non-hydrogen) atoms. The molecule has 0 aromatic heterocycles. The number of phenolic OH excluding ortho intramolecular Hbond substituents is 1. The monoisotopic (exact) mass is 262 g/mol. The first-order valence-electron chi connectivity index (χ1n) is 6.77. The summed E-state index contributed by atoms with van der Waals surface area (Å²) in [6.07, 6.45) is 4.23. The van der Waals surface area contributed by atoms with Crippen LogP contribution in [0.4, 0.5) is 5.69 Å². The number of carbonyl (C=O) groups excluding carboxylic acids is 1. The summed E-state index contributed by atoms with van der Waals surface area (Å²) in [4.78, 5) is 12.1. The highest BCUT2D eigenvalue weighted by molar-refractivity contribution is 5.99. The van der Waals surface area contributed by atoms with E-state index < -0.39 is 0 Å². The molecule has 0 atom stereocenters. The summed E-state index contributed by atoms with van der Waals surface area (Å²) in [6.45, 7) is 4.52. The maximum atomic E-state index is 12.1. The minimum Gasteiger partial charge on any atom is -0.508 e. The van der Waals surface area contributed by atoms with E-state index in [4.69, 9.17) is 5.73 Å². The summed E-state index contributed by atoms with van der Waals surface area (Å²) in [5.41, 5.74) is 6.89. The predicted octanol–water partition coefficient (Wildman–Crippen LogP) is 2.67. The molecule has 0 spiro atoms. The molecule has 4 nitrogen and oxygen atoms in total. The van der Waals surface area contributed by atoms with Crippen LogP contribution in [0.2, 0.25) is 0 Å². The van der Waals surface area contributed by atoms with Gasteiger partial charge in [0, 0.05) is 11.7 Å². The number of nitrogens with two attached hydrogens (primary N) is 1. The predicted molar refractivity (Wildman–Crippen MR) is 76.0 cm³/mol. The van der Waals surface area contributed by atoms with E-state index in [2.05, 4.69) is 19.2 Å². The van der Waals surface area contributed by atoms with Crippen LogP contribution >= 0.6 is 0 Å². The van der Waals surface area contributed by atoms with Gasteiger partial charge in [-0.25, -0.2) is 0 Å². The molecule has 1 amide bonds. The van der Waals surface area contributed by atoms with Crippen LogP contribution < -0.4 is 11.1 Å².